The lowest BCUT2D eigenvalue weighted by Gasteiger charge is -2.34. The van der Waals surface area contributed by atoms with E-state index in [0.29, 0.717) is 18.5 Å². The quantitative estimate of drug-likeness (QED) is 0.357. The number of carbonyl (C=O) groups is 3. The fourth-order valence-electron chi connectivity index (χ4n) is 3.96. The van der Waals surface area contributed by atoms with Crippen molar-refractivity contribution in [2.75, 3.05) is 13.1 Å². The molecule has 8 heteroatoms. The van der Waals surface area contributed by atoms with Crippen LogP contribution < -0.4 is 10.6 Å². The van der Waals surface area contributed by atoms with Crippen LogP contribution in [0.15, 0.2) is 54.6 Å². The molecule has 0 fully saturated rings. The third-order valence-corrected chi connectivity index (χ3v) is 5.64. The first-order chi connectivity index (χ1) is 17.6. The molecular formula is C29H41N3O5. The molecule has 0 saturated carbocycles. The summed E-state index contributed by atoms with van der Waals surface area (Å²) in [7, 11) is 0. The van der Waals surface area contributed by atoms with Gasteiger partial charge in [-0.05, 0) is 45.2 Å². The molecule has 3 N–H and O–H groups in total. The first kappa shape index (κ1) is 29.7. The number of aromatic hydroxyl groups is 1. The molecule has 0 aromatic heterocycles. The van der Waals surface area contributed by atoms with Gasteiger partial charge in [-0.1, -0.05) is 68.8 Å². The number of unbranched alkanes of at least 4 members (excludes halogenated alkanes) is 1. The van der Waals surface area contributed by atoms with Gasteiger partial charge in [0.05, 0.1) is 0 Å². The van der Waals surface area contributed by atoms with Gasteiger partial charge in [0.2, 0.25) is 11.8 Å². The molecule has 37 heavy (non-hydrogen) atoms. The van der Waals surface area contributed by atoms with Crippen molar-refractivity contribution >= 4 is 17.9 Å². The molecule has 2 aromatic rings. The van der Waals surface area contributed by atoms with E-state index in [2.05, 4.69) is 10.6 Å². The smallest absolute Gasteiger partial charge is 0.408 e. The van der Waals surface area contributed by atoms with E-state index < -0.39 is 29.7 Å². The lowest BCUT2D eigenvalue weighted by atomic mass is 9.99. The van der Waals surface area contributed by atoms with Crippen LogP contribution in [0.3, 0.4) is 0 Å². The second-order valence-electron chi connectivity index (χ2n) is 10.0. The van der Waals surface area contributed by atoms with Crippen molar-refractivity contribution in [2.24, 2.45) is 0 Å². The minimum atomic E-state index is -1.07. The topological polar surface area (TPSA) is 108 Å². The molecule has 0 spiro atoms. The lowest BCUT2D eigenvalue weighted by molar-refractivity contribution is -0.142. The average Bonchev–Trinajstić information content (AvgIpc) is 2.83. The van der Waals surface area contributed by atoms with Gasteiger partial charge in [-0.25, -0.2) is 4.79 Å². The molecule has 0 saturated heterocycles. The highest BCUT2D eigenvalue weighted by Crippen LogP contribution is 2.30. The molecule has 0 aliphatic carbocycles. The Morgan fingerprint density at radius 1 is 0.973 bits per heavy atom. The van der Waals surface area contributed by atoms with E-state index in [1.165, 1.54) is 11.0 Å². The van der Waals surface area contributed by atoms with Crippen LogP contribution in [0.2, 0.25) is 0 Å². The van der Waals surface area contributed by atoms with E-state index in [0.717, 1.165) is 18.4 Å². The van der Waals surface area contributed by atoms with Gasteiger partial charge in [-0.2, -0.15) is 0 Å². The highest BCUT2D eigenvalue weighted by atomic mass is 16.6. The molecule has 0 aliphatic heterocycles. The van der Waals surface area contributed by atoms with E-state index in [4.69, 9.17) is 4.74 Å². The van der Waals surface area contributed by atoms with Crippen molar-refractivity contribution in [1.29, 1.82) is 0 Å². The Balaban J connectivity index is 2.48. The standard InChI is InChI=1S/C29H41N3O5/c1-6-8-18-30-26(34)25(22-16-12-13-17-24(22)33)32(19-7-2)27(35)23(20-21-14-10-9-11-15-21)31-28(36)37-29(3,4)5/h9-17,23,25,33H,6-8,18-20H2,1-5H3,(H,30,34)(H,31,36). The predicted molar refractivity (Wildman–Crippen MR) is 144 cm³/mol. The number of phenols is 1. The maximum absolute atomic E-state index is 14.1. The first-order valence-corrected chi connectivity index (χ1v) is 13.0. The Labute approximate surface area is 220 Å². The minimum Gasteiger partial charge on any atom is -0.508 e. The molecule has 8 nitrogen and oxygen atoms in total. The van der Waals surface area contributed by atoms with E-state index in [1.807, 2.05) is 44.2 Å². The molecule has 2 rings (SSSR count). The Bertz CT molecular complexity index is 1020. The van der Waals surface area contributed by atoms with Crippen LogP contribution in [0.4, 0.5) is 4.79 Å². The first-order valence-electron chi connectivity index (χ1n) is 13.0. The van der Waals surface area contributed by atoms with Gasteiger partial charge in [0.15, 0.2) is 0 Å². The highest BCUT2D eigenvalue weighted by Gasteiger charge is 2.37. The summed E-state index contributed by atoms with van der Waals surface area (Å²) in [5.41, 5.74) is 0.430. The Hall–Kier alpha value is -3.55. The minimum absolute atomic E-state index is 0.0771. The summed E-state index contributed by atoms with van der Waals surface area (Å²) in [5.74, 6) is -0.894. The molecule has 2 aromatic carbocycles. The van der Waals surface area contributed by atoms with E-state index in [9.17, 15) is 19.5 Å². The van der Waals surface area contributed by atoms with Gasteiger partial charge >= 0.3 is 6.09 Å². The number of alkyl carbamates (subject to hydrolysis) is 1. The maximum atomic E-state index is 14.1. The number of phenolic OH excluding ortho intramolecular Hbond substituents is 1. The number of ether oxygens (including phenoxy) is 1. The summed E-state index contributed by atoms with van der Waals surface area (Å²) >= 11 is 0. The number of rotatable bonds is 12. The van der Waals surface area contributed by atoms with Gasteiger partial charge in [-0.3, -0.25) is 9.59 Å². The molecule has 0 radical (unpaired) electrons. The number of amides is 3. The van der Waals surface area contributed by atoms with Crippen LogP contribution in [0.1, 0.15) is 71.0 Å². The van der Waals surface area contributed by atoms with Gasteiger partial charge in [0.25, 0.3) is 0 Å². The second kappa shape index (κ2) is 14.3. The number of hydrogen-bond donors (Lipinski definition) is 3. The van der Waals surface area contributed by atoms with E-state index in [-0.39, 0.29) is 24.6 Å². The van der Waals surface area contributed by atoms with Gasteiger partial charge in [0.1, 0.15) is 23.4 Å². The number of hydrogen-bond acceptors (Lipinski definition) is 5. The van der Waals surface area contributed by atoms with Crippen LogP contribution in [-0.4, -0.2) is 52.6 Å². The van der Waals surface area contributed by atoms with Crippen molar-refractivity contribution in [2.45, 2.75) is 78.0 Å². The average molecular weight is 512 g/mol. The van der Waals surface area contributed by atoms with Crippen LogP contribution >= 0.6 is 0 Å². The van der Waals surface area contributed by atoms with E-state index in [1.54, 1.807) is 39.0 Å². The Morgan fingerprint density at radius 2 is 1.62 bits per heavy atom. The summed E-state index contributed by atoms with van der Waals surface area (Å²) in [6.07, 6.45) is 1.76. The van der Waals surface area contributed by atoms with Gasteiger partial charge in [0, 0.05) is 25.1 Å². The maximum Gasteiger partial charge on any atom is 0.408 e. The Kier molecular flexibility index (Phi) is 11.4. The fraction of sp³-hybridized carbons (Fsp3) is 0.483. The molecular weight excluding hydrogens is 470 g/mol. The zero-order valence-corrected chi connectivity index (χ0v) is 22.6. The number of benzene rings is 2. The molecule has 2 atom stereocenters. The molecule has 0 aliphatic rings. The third kappa shape index (κ3) is 9.44. The van der Waals surface area contributed by atoms with Crippen molar-refractivity contribution < 1.29 is 24.2 Å². The SMILES string of the molecule is CCCCNC(=O)C(c1ccccc1O)N(CCC)C(=O)C(Cc1ccccc1)NC(=O)OC(C)(C)C. The highest BCUT2D eigenvalue weighted by molar-refractivity contribution is 5.92. The van der Waals surface area contributed by atoms with Crippen LogP contribution in [0, 0.1) is 0 Å². The summed E-state index contributed by atoms with van der Waals surface area (Å²) in [4.78, 5) is 41.7. The lowest BCUT2D eigenvalue weighted by Crippen LogP contribution is -2.54. The molecule has 2 unspecified atom stereocenters. The zero-order chi connectivity index (χ0) is 27.4. The summed E-state index contributed by atoms with van der Waals surface area (Å²) in [6.45, 7) is 9.88. The summed E-state index contributed by atoms with van der Waals surface area (Å²) in [6, 6.07) is 13.8. The third-order valence-electron chi connectivity index (χ3n) is 5.64. The number of nitrogens with one attached hydrogen (secondary N) is 2. The summed E-state index contributed by atoms with van der Waals surface area (Å²) < 4.78 is 5.43. The number of para-hydroxylation sites is 1. The fourth-order valence-corrected chi connectivity index (χ4v) is 3.96. The molecule has 3 amide bonds. The molecule has 202 valence electrons. The van der Waals surface area contributed by atoms with Crippen LogP contribution in [0.5, 0.6) is 5.75 Å². The van der Waals surface area contributed by atoms with Crippen molar-refractivity contribution in [3.05, 3.63) is 65.7 Å². The van der Waals surface area contributed by atoms with Crippen LogP contribution in [-0.2, 0) is 20.7 Å². The van der Waals surface area contributed by atoms with Crippen molar-refractivity contribution in [1.82, 2.24) is 15.5 Å². The van der Waals surface area contributed by atoms with E-state index >= 15 is 0 Å². The summed E-state index contributed by atoms with van der Waals surface area (Å²) in [5, 5.41) is 16.3. The van der Waals surface area contributed by atoms with Crippen LogP contribution in [0.25, 0.3) is 0 Å². The van der Waals surface area contributed by atoms with Crippen molar-refractivity contribution in [3.63, 3.8) is 0 Å². The largest absolute Gasteiger partial charge is 0.508 e. The second-order valence-corrected chi connectivity index (χ2v) is 10.0. The monoisotopic (exact) mass is 511 g/mol. The normalized spacial score (nSPS) is 12.8. The van der Waals surface area contributed by atoms with Crippen molar-refractivity contribution in [3.8, 4) is 5.75 Å². The number of nitrogens with zero attached hydrogens (tertiary/aromatic N) is 1. The molecule has 0 bridgehead atoms. The number of carbonyl (C=O) groups excluding carboxylic acids is 3. The Morgan fingerprint density at radius 3 is 2.22 bits per heavy atom. The van der Waals surface area contributed by atoms with Gasteiger partial charge < -0.3 is 25.4 Å². The zero-order valence-electron chi connectivity index (χ0n) is 22.6. The van der Waals surface area contributed by atoms with Gasteiger partial charge in [-0.15, -0.1) is 0 Å². The predicted octanol–water partition coefficient (Wildman–Crippen LogP) is 4.72. The molecule has 0 heterocycles.